The number of anilines is 1. The topological polar surface area (TPSA) is 46.4 Å². The van der Waals surface area contributed by atoms with Crippen LogP contribution in [0.15, 0.2) is 73.1 Å². The van der Waals surface area contributed by atoms with Crippen LogP contribution in [0.5, 0.6) is 0 Å². The van der Waals surface area contributed by atoms with Gasteiger partial charge in [0.25, 0.3) is 5.91 Å². The molecule has 0 aliphatic heterocycles. The van der Waals surface area contributed by atoms with Crippen molar-refractivity contribution in [3.63, 3.8) is 0 Å². The van der Waals surface area contributed by atoms with Crippen molar-refractivity contribution in [2.24, 2.45) is 0 Å². The van der Waals surface area contributed by atoms with Crippen molar-refractivity contribution in [2.45, 2.75) is 26.7 Å². The van der Waals surface area contributed by atoms with Gasteiger partial charge in [0.1, 0.15) is 5.65 Å². The van der Waals surface area contributed by atoms with Crippen LogP contribution in [0, 0.1) is 6.92 Å². The third-order valence-corrected chi connectivity index (χ3v) is 4.96. The first-order valence-electron chi connectivity index (χ1n) is 9.48. The van der Waals surface area contributed by atoms with E-state index in [1.165, 1.54) is 0 Å². The number of hydrogen-bond acceptors (Lipinski definition) is 2. The zero-order valence-electron chi connectivity index (χ0n) is 16.3. The summed E-state index contributed by atoms with van der Waals surface area (Å²) in [5.74, 6) is 0.210. The van der Waals surface area contributed by atoms with E-state index in [4.69, 9.17) is 0 Å². The van der Waals surface area contributed by atoms with Gasteiger partial charge in [-0.15, -0.1) is 0 Å². The lowest BCUT2D eigenvalue weighted by Gasteiger charge is -2.16. The van der Waals surface area contributed by atoms with Gasteiger partial charge in [-0.1, -0.05) is 62.4 Å². The maximum atomic E-state index is 12.9. The number of para-hydroxylation sites is 1. The van der Waals surface area contributed by atoms with Crippen molar-refractivity contribution in [2.75, 3.05) is 5.32 Å². The number of carbonyl (C=O) groups is 1. The summed E-state index contributed by atoms with van der Waals surface area (Å²) >= 11 is 0. The van der Waals surface area contributed by atoms with E-state index in [2.05, 4.69) is 30.2 Å². The fourth-order valence-electron chi connectivity index (χ4n) is 3.40. The Morgan fingerprint density at radius 2 is 1.82 bits per heavy atom. The van der Waals surface area contributed by atoms with E-state index in [0.717, 1.165) is 33.7 Å². The van der Waals surface area contributed by atoms with Crippen LogP contribution in [0.4, 0.5) is 5.69 Å². The number of fused-ring (bicyclic) bond motifs is 1. The van der Waals surface area contributed by atoms with Crippen molar-refractivity contribution in [3.8, 4) is 11.3 Å². The van der Waals surface area contributed by atoms with Gasteiger partial charge >= 0.3 is 0 Å². The number of benzene rings is 2. The normalized spacial score (nSPS) is 11.1. The Morgan fingerprint density at radius 3 is 2.57 bits per heavy atom. The summed E-state index contributed by atoms with van der Waals surface area (Å²) in [6.45, 7) is 6.28. The Hall–Kier alpha value is -3.40. The highest BCUT2D eigenvalue weighted by atomic mass is 16.1. The van der Waals surface area contributed by atoms with E-state index in [-0.39, 0.29) is 5.91 Å². The van der Waals surface area contributed by atoms with Crippen LogP contribution in [-0.4, -0.2) is 15.3 Å². The van der Waals surface area contributed by atoms with Crippen LogP contribution >= 0.6 is 0 Å². The largest absolute Gasteiger partial charge is 0.321 e. The molecule has 4 heteroatoms. The standard InChI is InChI=1S/C24H23N3O/c1-16(2)20-11-7-8-17(3)23(20)26-24(28)19-12-13-27-15-21(25-22(27)14-19)18-9-5-4-6-10-18/h4-16H,1-3H3,(H,26,28). The molecule has 0 aliphatic carbocycles. The molecular weight excluding hydrogens is 346 g/mol. The second-order valence-electron chi connectivity index (χ2n) is 7.32. The Labute approximate surface area is 164 Å². The molecule has 2 aromatic heterocycles. The van der Waals surface area contributed by atoms with Gasteiger partial charge in [0.2, 0.25) is 0 Å². The van der Waals surface area contributed by atoms with Crippen LogP contribution in [0.3, 0.4) is 0 Å². The number of aromatic nitrogens is 2. The lowest BCUT2D eigenvalue weighted by atomic mass is 9.98. The SMILES string of the molecule is Cc1cccc(C(C)C)c1NC(=O)c1ccn2cc(-c3ccccc3)nc2c1. The summed E-state index contributed by atoms with van der Waals surface area (Å²) in [5.41, 5.74) is 6.39. The molecule has 2 heterocycles. The van der Waals surface area contributed by atoms with Crippen molar-refractivity contribution in [1.29, 1.82) is 0 Å². The molecule has 0 fully saturated rings. The number of pyridine rings is 1. The smallest absolute Gasteiger partial charge is 0.255 e. The predicted molar refractivity (Wildman–Crippen MR) is 114 cm³/mol. The average Bonchev–Trinajstić information content (AvgIpc) is 3.13. The van der Waals surface area contributed by atoms with Crippen molar-refractivity contribution < 1.29 is 4.79 Å². The molecule has 2 aromatic carbocycles. The summed E-state index contributed by atoms with van der Waals surface area (Å²) in [5, 5.41) is 3.10. The second-order valence-corrected chi connectivity index (χ2v) is 7.32. The molecule has 0 radical (unpaired) electrons. The molecule has 4 nitrogen and oxygen atoms in total. The molecule has 0 saturated heterocycles. The van der Waals surface area contributed by atoms with Crippen LogP contribution in [0.25, 0.3) is 16.9 Å². The molecule has 0 spiro atoms. The summed E-state index contributed by atoms with van der Waals surface area (Å²) in [6.07, 6.45) is 3.86. The van der Waals surface area contributed by atoms with Gasteiger partial charge in [0.05, 0.1) is 5.69 Å². The van der Waals surface area contributed by atoms with Crippen molar-refractivity contribution in [1.82, 2.24) is 9.38 Å². The molecule has 0 unspecified atom stereocenters. The average molecular weight is 369 g/mol. The molecule has 0 atom stereocenters. The Kier molecular flexibility index (Phi) is 4.70. The van der Waals surface area contributed by atoms with Crippen molar-refractivity contribution in [3.05, 3.63) is 89.7 Å². The van der Waals surface area contributed by atoms with Crippen LogP contribution in [0.2, 0.25) is 0 Å². The number of amides is 1. The van der Waals surface area contributed by atoms with E-state index in [1.807, 2.05) is 78.3 Å². The number of rotatable bonds is 4. The number of aryl methyl sites for hydroxylation is 1. The summed E-state index contributed by atoms with van der Waals surface area (Å²) in [6, 6.07) is 19.8. The Morgan fingerprint density at radius 1 is 1.04 bits per heavy atom. The maximum Gasteiger partial charge on any atom is 0.255 e. The number of nitrogens with zero attached hydrogens (tertiary/aromatic N) is 2. The molecule has 4 rings (SSSR count). The first-order chi connectivity index (χ1) is 13.5. The van der Waals surface area contributed by atoms with E-state index >= 15 is 0 Å². The first-order valence-corrected chi connectivity index (χ1v) is 9.48. The summed E-state index contributed by atoms with van der Waals surface area (Å²) in [7, 11) is 0. The number of carbonyl (C=O) groups excluding carboxylic acids is 1. The van der Waals surface area contributed by atoms with Gasteiger partial charge in [0, 0.05) is 29.2 Å². The third kappa shape index (κ3) is 3.41. The first kappa shape index (κ1) is 18.0. The minimum absolute atomic E-state index is 0.122. The maximum absolute atomic E-state index is 12.9. The lowest BCUT2D eigenvalue weighted by molar-refractivity contribution is 0.102. The molecule has 0 aliphatic rings. The molecule has 4 aromatic rings. The van der Waals surface area contributed by atoms with E-state index in [0.29, 0.717) is 11.5 Å². The minimum Gasteiger partial charge on any atom is -0.321 e. The predicted octanol–water partition coefficient (Wildman–Crippen LogP) is 5.69. The fraction of sp³-hybridized carbons (Fsp3) is 0.167. The van der Waals surface area contributed by atoms with Gasteiger partial charge in [-0.3, -0.25) is 4.79 Å². The molecule has 1 amide bonds. The molecular formula is C24H23N3O. The minimum atomic E-state index is -0.122. The van der Waals surface area contributed by atoms with Gasteiger partial charge in [-0.2, -0.15) is 0 Å². The number of nitrogens with one attached hydrogen (secondary N) is 1. The fourth-order valence-corrected chi connectivity index (χ4v) is 3.40. The van der Waals surface area contributed by atoms with Crippen molar-refractivity contribution >= 4 is 17.2 Å². The Balaban J connectivity index is 1.66. The van der Waals surface area contributed by atoms with Gasteiger partial charge in [-0.05, 0) is 36.1 Å². The van der Waals surface area contributed by atoms with Crippen LogP contribution in [-0.2, 0) is 0 Å². The van der Waals surface area contributed by atoms with Gasteiger partial charge in [-0.25, -0.2) is 4.98 Å². The molecule has 28 heavy (non-hydrogen) atoms. The molecule has 1 N–H and O–H groups in total. The quantitative estimate of drug-likeness (QED) is 0.503. The van der Waals surface area contributed by atoms with Gasteiger partial charge < -0.3 is 9.72 Å². The highest BCUT2D eigenvalue weighted by Crippen LogP contribution is 2.28. The number of imidazole rings is 1. The highest BCUT2D eigenvalue weighted by molar-refractivity contribution is 6.05. The summed E-state index contributed by atoms with van der Waals surface area (Å²) < 4.78 is 1.94. The number of hydrogen-bond donors (Lipinski definition) is 1. The zero-order chi connectivity index (χ0) is 19.7. The highest BCUT2D eigenvalue weighted by Gasteiger charge is 2.14. The Bertz CT molecular complexity index is 1140. The van der Waals surface area contributed by atoms with Crippen LogP contribution in [0.1, 0.15) is 41.3 Å². The lowest BCUT2D eigenvalue weighted by Crippen LogP contribution is -2.15. The molecule has 0 bridgehead atoms. The monoisotopic (exact) mass is 369 g/mol. The second kappa shape index (κ2) is 7.31. The summed E-state index contributed by atoms with van der Waals surface area (Å²) in [4.78, 5) is 17.6. The van der Waals surface area contributed by atoms with Crippen LogP contribution < -0.4 is 5.32 Å². The zero-order valence-corrected chi connectivity index (χ0v) is 16.3. The third-order valence-electron chi connectivity index (χ3n) is 4.96. The van der Waals surface area contributed by atoms with E-state index < -0.39 is 0 Å². The van der Waals surface area contributed by atoms with E-state index in [1.54, 1.807) is 0 Å². The molecule has 0 saturated carbocycles. The van der Waals surface area contributed by atoms with E-state index in [9.17, 15) is 4.79 Å². The van der Waals surface area contributed by atoms with Gasteiger partial charge in [0.15, 0.2) is 0 Å². The molecule has 140 valence electrons.